The molecule has 0 aromatic heterocycles. The molecule has 164 valence electrons. The summed E-state index contributed by atoms with van der Waals surface area (Å²) in [5.74, 6) is -1.10. The first kappa shape index (κ1) is 27.6. The molecule has 2 aromatic rings. The molecule has 0 saturated carbocycles. The molecule has 1 fully saturated rings. The van der Waals surface area contributed by atoms with Gasteiger partial charge in [0, 0.05) is 12.6 Å². The van der Waals surface area contributed by atoms with Crippen LogP contribution in [-0.2, 0) is 25.6 Å². The average molecular weight is 466 g/mol. The van der Waals surface area contributed by atoms with Gasteiger partial charge in [-0.2, -0.15) is 0 Å². The largest absolute Gasteiger partial charge is 2.00 e. The van der Waals surface area contributed by atoms with Crippen molar-refractivity contribution in [1.82, 2.24) is 4.90 Å². The fraction of sp³-hybridized carbons (Fsp3) is 0.250. The zero-order valence-electron chi connectivity index (χ0n) is 18.1. The zero-order valence-corrected chi connectivity index (χ0v) is 20.3. The van der Waals surface area contributed by atoms with Crippen molar-refractivity contribution in [3.05, 3.63) is 88.9 Å². The Morgan fingerprint density at radius 2 is 1.81 bits per heavy atom. The standard InChI is InChI=1S/C24H25NO5.ClH.Mg/c1-3-30-22(27)14-13-18-11-7-8-12-19(18)23-20(24(28)29-2)15-21(26)25(23)16-17-9-5-4-6-10-17;;/h4-14,23,28H,3,15-16H2,1-2H3;1H;/q;;+2/p-2/b14-13+,24-20-;;/t23-;;/m1../s1. The predicted octanol–water partition coefficient (Wildman–Crippen LogP) is -0.422. The van der Waals surface area contributed by atoms with Crippen molar-refractivity contribution in [2.24, 2.45) is 0 Å². The maximum atomic E-state index is 12.9. The van der Waals surface area contributed by atoms with E-state index in [4.69, 9.17) is 9.47 Å². The van der Waals surface area contributed by atoms with Crippen molar-refractivity contribution in [3.8, 4) is 0 Å². The van der Waals surface area contributed by atoms with Crippen molar-refractivity contribution >= 4 is 41.0 Å². The van der Waals surface area contributed by atoms with Crippen LogP contribution in [0.3, 0.4) is 0 Å². The van der Waals surface area contributed by atoms with Crippen molar-refractivity contribution in [3.63, 3.8) is 0 Å². The van der Waals surface area contributed by atoms with E-state index in [-0.39, 0.29) is 54.4 Å². The first-order chi connectivity index (χ1) is 14.5. The summed E-state index contributed by atoms with van der Waals surface area (Å²) in [5.41, 5.74) is 2.82. The Labute approximate surface area is 210 Å². The van der Waals surface area contributed by atoms with Crippen LogP contribution in [0.15, 0.2) is 72.2 Å². The molecule has 1 saturated heterocycles. The van der Waals surface area contributed by atoms with Crippen LogP contribution < -0.4 is 17.5 Å². The third kappa shape index (κ3) is 6.51. The number of carbonyl (C=O) groups excluding carboxylic acids is 2. The van der Waals surface area contributed by atoms with Crippen LogP contribution in [0.4, 0.5) is 0 Å². The maximum absolute atomic E-state index is 12.9. The molecular formula is C24H24ClMgNO5. The van der Waals surface area contributed by atoms with Gasteiger partial charge in [0.2, 0.25) is 5.91 Å². The van der Waals surface area contributed by atoms with Gasteiger partial charge in [-0.15, -0.1) is 0 Å². The Kier molecular flexibility index (Phi) is 11.3. The number of benzene rings is 2. The van der Waals surface area contributed by atoms with Crippen molar-refractivity contribution in [2.45, 2.75) is 25.9 Å². The van der Waals surface area contributed by atoms with E-state index in [0.717, 1.165) is 16.7 Å². The smallest absolute Gasteiger partial charge is 1.00 e. The monoisotopic (exact) mass is 465 g/mol. The van der Waals surface area contributed by atoms with Crippen LogP contribution in [0.1, 0.15) is 36.1 Å². The van der Waals surface area contributed by atoms with Gasteiger partial charge >= 0.3 is 29.0 Å². The van der Waals surface area contributed by atoms with Gasteiger partial charge in [0.25, 0.3) is 0 Å². The quantitative estimate of drug-likeness (QED) is 0.240. The Balaban J connectivity index is 0.00000256. The molecule has 0 spiro atoms. The first-order valence-corrected chi connectivity index (χ1v) is 9.76. The van der Waals surface area contributed by atoms with E-state index in [1.165, 1.54) is 13.2 Å². The van der Waals surface area contributed by atoms with Gasteiger partial charge in [-0.25, -0.2) is 4.79 Å². The Bertz CT molecular complexity index is 977. The molecule has 1 aliphatic heterocycles. The molecule has 8 heteroatoms. The number of likely N-dealkylation sites (tertiary alicyclic amines) is 1. The number of methoxy groups -OCH3 is 1. The molecule has 1 aliphatic rings. The van der Waals surface area contributed by atoms with Gasteiger partial charge in [-0.1, -0.05) is 54.6 Å². The fourth-order valence-electron chi connectivity index (χ4n) is 3.58. The molecule has 6 nitrogen and oxygen atoms in total. The third-order valence-electron chi connectivity index (χ3n) is 4.92. The van der Waals surface area contributed by atoms with Crippen molar-refractivity contribution in [1.29, 1.82) is 0 Å². The summed E-state index contributed by atoms with van der Waals surface area (Å²) in [7, 11) is 1.31. The third-order valence-corrected chi connectivity index (χ3v) is 4.92. The van der Waals surface area contributed by atoms with Crippen LogP contribution in [0.5, 0.6) is 0 Å². The fourth-order valence-corrected chi connectivity index (χ4v) is 3.58. The van der Waals surface area contributed by atoms with Gasteiger partial charge in [-0.05, 0) is 42.4 Å². The molecule has 3 rings (SSSR count). The number of halogens is 1. The second kappa shape index (κ2) is 13.2. The minimum absolute atomic E-state index is 0. The number of esters is 1. The van der Waals surface area contributed by atoms with Crippen LogP contribution in [0.2, 0.25) is 0 Å². The van der Waals surface area contributed by atoms with E-state index >= 15 is 0 Å². The molecule has 32 heavy (non-hydrogen) atoms. The van der Waals surface area contributed by atoms with E-state index in [9.17, 15) is 14.7 Å². The zero-order chi connectivity index (χ0) is 21.5. The molecule has 2 aromatic carbocycles. The summed E-state index contributed by atoms with van der Waals surface area (Å²) in [6.07, 6.45) is 2.99. The van der Waals surface area contributed by atoms with Crippen LogP contribution in [0, 0.1) is 0 Å². The van der Waals surface area contributed by atoms with Crippen molar-refractivity contribution in [2.75, 3.05) is 13.7 Å². The minimum atomic E-state index is -0.576. The summed E-state index contributed by atoms with van der Waals surface area (Å²) in [6, 6.07) is 16.4. The summed E-state index contributed by atoms with van der Waals surface area (Å²) >= 11 is 0. The SMILES string of the molecule is CCOC(=O)/C=C/c1ccccc1[C@@H]1/C(=C(/[O-])OC)CC(=O)N1Cc1ccccc1.[Cl-].[Mg+2]. The molecule has 1 atom stereocenters. The second-order valence-corrected chi connectivity index (χ2v) is 6.82. The number of hydrogen-bond donors (Lipinski definition) is 0. The number of nitrogens with zero attached hydrogens (tertiary/aromatic N) is 1. The molecule has 0 unspecified atom stereocenters. The maximum Gasteiger partial charge on any atom is 2.00 e. The summed E-state index contributed by atoms with van der Waals surface area (Å²) in [4.78, 5) is 26.3. The molecule has 0 N–H and O–H groups in total. The van der Waals surface area contributed by atoms with E-state index in [1.807, 2.05) is 54.6 Å². The molecule has 0 bridgehead atoms. The number of hydrogen-bond acceptors (Lipinski definition) is 5. The van der Waals surface area contributed by atoms with Gasteiger partial charge in [0.05, 0.1) is 25.0 Å². The van der Waals surface area contributed by atoms with Gasteiger partial charge in [-0.3, -0.25) is 4.79 Å². The van der Waals surface area contributed by atoms with Gasteiger partial charge < -0.3 is 31.9 Å². The number of ether oxygens (including phenoxy) is 2. The first-order valence-electron chi connectivity index (χ1n) is 9.76. The van der Waals surface area contributed by atoms with Crippen LogP contribution in [-0.4, -0.2) is 53.5 Å². The normalized spacial score (nSPS) is 16.9. The average Bonchev–Trinajstić information content (AvgIpc) is 3.08. The molecule has 0 aliphatic carbocycles. The second-order valence-electron chi connectivity index (χ2n) is 6.82. The van der Waals surface area contributed by atoms with E-state index in [1.54, 1.807) is 17.9 Å². The van der Waals surface area contributed by atoms with E-state index in [2.05, 4.69) is 0 Å². The van der Waals surface area contributed by atoms with Crippen molar-refractivity contribution < 1.29 is 36.6 Å². The van der Waals surface area contributed by atoms with E-state index in [0.29, 0.717) is 12.1 Å². The van der Waals surface area contributed by atoms with Gasteiger partial charge in [0.1, 0.15) is 0 Å². The predicted molar refractivity (Wildman–Crippen MR) is 116 cm³/mol. The molecule has 1 amide bonds. The molecule has 1 heterocycles. The molecular weight excluding hydrogens is 442 g/mol. The summed E-state index contributed by atoms with van der Waals surface area (Å²) in [6.45, 7) is 2.39. The molecule has 0 radical (unpaired) electrons. The summed E-state index contributed by atoms with van der Waals surface area (Å²) in [5, 5.41) is 12.5. The number of rotatable bonds is 7. The van der Waals surface area contributed by atoms with Crippen LogP contribution in [0.25, 0.3) is 6.08 Å². The topological polar surface area (TPSA) is 78.9 Å². The van der Waals surface area contributed by atoms with E-state index < -0.39 is 18.0 Å². The Hall–Kier alpha value is -2.48. The Morgan fingerprint density at radius 1 is 1.16 bits per heavy atom. The number of carbonyl (C=O) groups is 2. The Morgan fingerprint density at radius 3 is 2.47 bits per heavy atom. The van der Waals surface area contributed by atoms with Gasteiger partial charge in [0.15, 0.2) is 0 Å². The number of amides is 1. The summed E-state index contributed by atoms with van der Waals surface area (Å²) < 4.78 is 9.91. The van der Waals surface area contributed by atoms with Crippen LogP contribution >= 0.6 is 0 Å². The minimum Gasteiger partial charge on any atom is -1.00 e.